The molecule has 1 aliphatic heterocycles. The van der Waals surface area contributed by atoms with Gasteiger partial charge in [-0.25, -0.2) is 9.37 Å². The highest BCUT2D eigenvalue weighted by Gasteiger charge is 2.28. The maximum Gasteiger partial charge on any atom is 0.194 e. The van der Waals surface area contributed by atoms with Crippen molar-refractivity contribution in [2.75, 3.05) is 20.1 Å². The van der Waals surface area contributed by atoms with Crippen LogP contribution in [0.1, 0.15) is 38.3 Å². The first-order chi connectivity index (χ1) is 13.5. The summed E-state index contributed by atoms with van der Waals surface area (Å²) in [5.41, 5.74) is 0.973. The van der Waals surface area contributed by atoms with Gasteiger partial charge in [-0.3, -0.25) is 4.99 Å². The van der Waals surface area contributed by atoms with Crippen LogP contribution in [0.5, 0.6) is 0 Å². The van der Waals surface area contributed by atoms with Gasteiger partial charge in [0.05, 0.1) is 19.2 Å². The molecular formula is C21H30FN5O. The molecule has 1 saturated heterocycles. The van der Waals surface area contributed by atoms with Gasteiger partial charge < -0.3 is 19.5 Å². The first kappa shape index (κ1) is 20.3. The van der Waals surface area contributed by atoms with Crippen LogP contribution >= 0.6 is 0 Å². The largest absolute Gasteiger partial charge is 0.367 e. The number of guanidine groups is 1. The highest BCUT2D eigenvalue weighted by molar-refractivity contribution is 5.80. The molecule has 1 aliphatic rings. The van der Waals surface area contributed by atoms with E-state index in [4.69, 9.17) is 4.74 Å². The molecule has 152 valence electrons. The van der Waals surface area contributed by atoms with E-state index < -0.39 is 0 Å². The lowest BCUT2D eigenvalue weighted by molar-refractivity contribution is -0.0605. The van der Waals surface area contributed by atoms with Gasteiger partial charge in [0, 0.05) is 32.5 Å². The van der Waals surface area contributed by atoms with Crippen LogP contribution < -0.4 is 5.32 Å². The Labute approximate surface area is 166 Å². The zero-order valence-corrected chi connectivity index (χ0v) is 17.1. The Kier molecular flexibility index (Phi) is 6.67. The summed E-state index contributed by atoms with van der Waals surface area (Å²) in [6.45, 7) is 9.40. The lowest BCUT2D eigenvalue weighted by Gasteiger charge is -2.38. The molecule has 3 rings (SSSR count). The molecule has 1 aromatic heterocycles. The molecule has 0 saturated carbocycles. The lowest BCUT2D eigenvalue weighted by atomic mass is 10.1. The standard InChI is InChI=1S/C21H30FN5O/c1-15(2)12-26-10-9-24-20(26)11-25-21(23-4)27-13-16(3)28-19(14-27)17-5-7-18(22)8-6-17/h5-10,15-16,19H,11-14H2,1-4H3,(H,23,25). The maximum absolute atomic E-state index is 13.2. The molecule has 7 heteroatoms. The van der Waals surface area contributed by atoms with Crippen molar-refractivity contribution in [1.29, 1.82) is 0 Å². The first-order valence-corrected chi connectivity index (χ1v) is 9.82. The summed E-state index contributed by atoms with van der Waals surface area (Å²) in [4.78, 5) is 11.1. The molecule has 1 aromatic carbocycles. The number of nitrogens with one attached hydrogen (secondary N) is 1. The molecule has 2 aromatic rings. The van der Waals surface area contributed by atoms with Gasteiger partial charge in [-0.2, -0.15) is 0 Å². The topological polar surface area (TPSA) is 54.7 Å². The van der Waals surface area contributed by atoms with Crippen molar-refractivity contribution >= 4 is 5.96 Å². The van der Waals surface area contributed by atoms with E-state index >= 15 is 0 Å². The van der Waals surface area contributed by atoms with Gasteiger partial charge >= 0.3 is 0 Å². The minimum atomic E-state index is -0.237. The first-order valence-electron chi connectivity index (χ1n) is 9.82. The van der Waals surface area contributed by atoms with Gasteiger partial charge in [0.15, 0.2) is 5.96 Å². The van der Waals surface area contributed by atoms with E-state index in [9.17, 15) is 4.39 Å². The van der Waals surface area contributed by atoms with E-state index in [1.54, 1.807) is 19.2 Å². The number of nitrogens with zero attached hydrogens (tertiary/aromatic N) is 4. The SMILES string of the molecule is CN=C(NCc1nccn1CC(C)C)N1CC(C)OC(c2ccc(F)cc2)C1. The second kappa shape index (κ2) is 9.19. The fourth-order valence-electron chi connectivity index (χ4n) is 3.54. The highest BCUT2D eigenvalue weighted by atomic mass is 19.1. The van der Waals surface area contributed by atoms with Crippen molar-refractivity contribution in [2.24, 2.45) is 10.9 Å². The lowest BCUT2D eigenvalue weighted by Crippen LogP contribution is -2.50. The number of hydrogen-bond donors (Lipinski definition) is 1. The Morgan fingerprint density at radius 3 is 2.75 bits per heavy atom. The molecule has 1 fully saturated rings. The van der Waals surface area contributed by atoms with Crippen molar-refractivity contribution in [3.8, 4) is 0 Å². The predicted octanol–water partition coefficient (Wildman–Crippen LogP) is 3.22. The minimum Gasteiger partial charge on any atom is -0.367 e. The van der Waals surface area contributed by atoms with Crippen LogP contribution in [-0.4, -0.2) is 46.7 Å². The molecule has 0 amide bonds. The quantitative estimate of drug-likeness (QED) is 0.632. The second-order valence-electron chi connectivity index (χ2n) is 7.68. The smallest absolute Gasteiger partial charge is 0.194 e. The number of aromatic nitrogens is 2. The second-order valence-corrected chi connectivity index (χ2v) is 7.68. The fraction of sp³-hybridized carbons (Fsp3) is 0.524. The van der Waals surface area contributed by atoms with Gasteiger partial charge in [-0.1, -0.05) is 26.0 Å². The average Bonchev–Trinajstić information content (AvgIpc) is 3.08. The molecule has 0 radical (unpaired) electrons. The van der Waals surface area contributed by atoms with E-state index in [0.717, 1.165) is 30.4 Å². The molecule has 2 heterocycles. The van der Waals surface area contributed by atoms with Crippen LogP contribution in [0, 0.1) is 11.7 Å². The van der Waals surface area contributed by atoms with Gasteiger partial charge in [-0.05, 0) is 30.5 Å². The normalized spacial score (nSPS) is 20.6. The summed E-state index contributed by atoms with van der Waals surface area (Å²) in [7, 11) is 1.79. The number of rotatable bonds is 5. The number of halogens is 1. The van der Waals surface area contributed by atoms with Crippen molar-refractivity contribution < 1.29 is 9.13 Å². The summed E-state index contributed by atoms with van der Waals surface area (Å²) in [5, 5.41) is 3.43. The molecule has 28 heavy (non-hydrogen) atoms. The molecule has 1 N–H and O–H groups in total. The van der Waals surface area contributed by atoms with Gasteiger partial charge in [-0.15, -0.1) is 0 Å². The number of hydrogen-bond acceptors (Lipinski definition) is 3. The average molecular weight is 388 g/mol. The van der Waals surface area contributed by atoms with Crippen LogP contribution in [0.25, 0.3) is 0 Å². The Hall–Kier alpha value is -2.41. The van der Waals surface area contributed by atoms with Gasteiger partial charge in [0.2, 0.25) is 0 Å². The predicted molar refractivity (Wildman–Crippen MR) is 109 cm³/mol. The van der Waals surface area contributed by atoms with Crippen molar-refractivity contribution in [1.82, 2.24) is 19.8 Å². The number of aliphatic imine (C=N–C) groups is 1. The van der Waals surface area contributed by atoms with Crippen molar-refractivity contribution in [3.63, 3.8) is 0 Å². The van der Waals surface area contributed by atoms with E-state index in [0.29, 0.717) is 19.0 Å². The third-order valence-electron chi connectivity index (χ3n) is 4.78. The summed E-state index contributed by atoms with van der Waals surface area (Å²) < 4.78 is 21.5. The van der Waals surface area contributed by atoms with E-state index in [1.807, 2.05) is 19.3 Å². The van der Waals surface area contributed by atoms with Gasteiger partial charge in [0.25, 0.3) is 0 Å². The summed E-state index contributed by atoms with van der Waals surface area (Å²) >= 11 is 0. The third kappa shape index (κ3) is 5.10. The van der Waals surface area contributed by atoms with E-state index in [-0.39, 0.29) is 18.0 Å². The van der Waals surface area contributed by atoms with Crippen LogP contribution in [0.15, 0.2) is 41.7 Å². The molecule has 6 nitrogen and oxygen atoms in total. The molecular weight excluding hydrogens is 357 g/mol. The van der Waals surface area contributed by atoms with Crippen LogP contribution in [0.4, 0.5) is 4.39 Å². The molecule has 0 bridgehead atoms. The van der Waals surface area contributed by atoms with Crippen molar-refractivity contribution in [3.05, 3.63) is 53.9 Å². The maximum atomic E-state index is 13.2. The Bertz CT molecular complexity index is 786. The van der Waals surface area contributed by atoms with Crippen molar-refractivity contribution in [2.45, 2.75) is 46.1 Å². The molecule has 0 spiro atoms. The van der Waals surface area contributed by atoms with E-state index in [1.165, 1.54) is 12.1 Å². The van der Waals surface area contributed by atoms with Crippen LogP contribution in [-0.2, 0) is 17.8 Å². The molecule has 0 aliphatic carbocycles. The molecule has 2 unspecified atom stereocenters. The number of ether oxygens (including phenoxy) is 1. The highest BCUT2D eigenvalue weighted by Crippen LogP contribution is 2.25. The summed E-state index contributed by atoms with van der Waals surface area (Å²) in [6, 6.07) is 6.53. The zero-order valence-electron chi connectivity index (χ0n) is 17.1. The van der Waals surface area contributed by atoms with E-state index in [2.05, 4.69) is 38.6 Å². The third-order valence-corrected chi connectivity index (χ3v) is 4.78. The Morgan fingerprint density at radius 2 is 2.07 bits per heavy atom. The summed E-state index contributed by atoms with van der Waals surface area (Å²) in [6.07, 6.45) is 3.78. The Morgan fingerprint density at radius 1 is 1.32 bits per heavy atom. The molecule has 2 atom stereocenters. The Balaban J connectivity index is 1.66. The fourth-order valence-corrected chi connectivity index (χ4v) is 3.54. The van der Waals surface area contributed by atoms with Crippen LogP contribution in [0.3, 0.4) is 0 Å². The zero-order chi connectivity index (χ0) is 20.1. The number of imidazole rings is 1. The van der Waals surface area contributed by atoms with Crippen LogP contribution in [0.2, 0.25) is 0 Å². The number of morpholine rings is 1. The summed E-state index contributed by atoms with van der Waals surface area (Å²) in [5.74, 6) is 2.13. The monoisotopic (exact) mass is 387 g/mol. The van der Waals surface area contributed by atoms with Gasteiger partial charge in [0.1, 0.15) is 17.7 Å². The minimum absolute atomic E-state index is 0.0466. The number of benzene rings is 1.